The molecule has 1 saturated carbocycles. The highest BCUT2D eigenvalue weighted by atomic mass is 127. The fraction of sp³-hybridized carbons (Fsp3) is 1.00. The van der Waals surface area contributed by atoms with Gasteiger partial charge in [-0.1, -0.05) is 41.9 Å². The first-order valence-corrected chi connectivity index (χ1v) is 7.83. The molecule has 0 nitrogen and oxygen atoms in total. The van der Waals surface area contributed by atoms with Gasteiger partial charge in [0.15, 0.2) is 0 Å². The zero-order valence-electron chi connectivity index (χ0n) is 11.2. The Morgan fingerprint density at radius 3 is 1.64 bits per heavy atom. The molecule has 0 aromatic carbocycles. The molecule has 0 aromatic heterocycles. The van der Waals surface area contributed by atoms with Gasteiger partial charge in [-0.2, -0.15) is 39.5 Å². The summed E-state index contributed by atoms with van der Waals surface area (Å²) in [7, 11) is 0. The van der Waals surface area contributed by atoms with Crippen molar-refractivity contribution in [2.24, 2.45) is 5.92 Å². The van der Waals surface area contributed by atoms with Crippen molar-refractivity contribution in [3.63, 3.8) is 0 Å². The van der Waals surface area contributed by atoms with Gasteiger partial charge in [-0.15, -0.1) is 0 Å². The van der Waals surface area contributed by atoms with Crippen LogP contribution in [0.3, 0.4) is 0 Å². The molecule has 1 fully saturated rings. The Morgan fingerprint density at radius 1 is 0.773 bits per heavy atom. The molecule has 0 heterocycles. The number of hydrogen-bond acceptors (Lipinski definition) is 0. The second-order valence-corrected chi connectivity index (χ2v) is 7.07. The van der Waals surface area contributed by atoms with Crippen molar-refractivity contribution in [3.05, 3.63) is 0 Å². The van der Waals surface area contributed by atoms with Crippen molar-refractivity contribution >= 4 is 22.6 Å². The molecule has 22 heavy (non-hydrogen) atoms. The van der Waals surface area contributed by atoms with Gasteiger partial charge in [-0.25, -0.2) is 0 Å². The van der Waals surface area contributed by atoms with E-state index in [-0.39, 0.29) is 5.92 Å². The average molecular weight is 456 g/mol. The maximum Gasteiger partial charge on any atom is 0.460 e. The molecule has 0 bridgehead atoms. The zero-order chi connectivity index (χ0) is 17.4. The van der Waals surface area contributed by atoms with Gasteiger partial charge in [-0.05, 0) is 18.8 Å². The van der Waals surface area contributed by atoms with Crippen molar-refractivity contribution in [2.45, 2.75) is 66.4 Å². The molecule has 1 aliphatic carbocycles. The average Bonchev–Trinajstić information content (AvgIpc) is 2.37. The Kier molecular flexibility index (Phi) is 5.99. The molecule has 1 rings (SSSR count). The van der Waals surface area contributed by atoms with E-state index in [1.807, 2.05) is 0 Å². The quantitative estimate of drug-likeness (QED) is 0.262. The minimum absolute atomic E-state index is 0.379. The van der Waals surface area contributed by atoms with E-state index in [1.165, 1.54) is 22.6 Å². The summed E-state index contributed by atoms with van der Waals surface area (Å²) in [6.45, 7) is 0. The van der Waals surface area contributed by atoms with Crippen molar-refractivity contribution in [3.8, 4) is 0 Å². The molecule has 0 saturated heterocycles. The van der Waals surface area contributed by atoms with E-state index in [9.17, 15) is 39.5 Å². The lowest BCUT2D eigenvalue weighted by Gasteiger charge is -2.36. The summed E-state index contributed by atoms with van der Waals surface area (Å²) in [5.41, 5.74) is 0. The van der Waals surface area contributed by atoms with Crippen molar-refractivity contribution in [1.29, 1.82) is 0 Å². The molecule has 1 unspecified atom stereocenters. The lowest BCUT2D eigenvalue weighted by Crippen LogP contribution is -2.61. The van der Waals surface area contributed by atoms with Gasteiger partial charge in [-0.3, -0.25) is 0 Å². The first-order chi connectivity index (χ1) is 9.74. The smallest absolute Gasteiger partial charge is 0.200 e. The van der Waals surface area contributed by atoms with Crippen molar-refractivity contribution in [1.82, 2.24) is 0 Å². The third kappa shape index (κ3) is 3.77. The van der Waals surface area contributed by atoms with Crippen molar-refractivity contribution in [2.75, 3.05) is 0 Å². The van der Waals surface area contributed by atoms with Crippen LogP contribution in [0.2, 0.25) is 0 Å². The van der Waals surface area contributed by atoms with E-state index in [4.69, 9.17) is 0 Å². The van der Waals surface area contributed by atoms with Crippen LogP contribution in [0.1, 0.15) is 38.5 Å². The minimum atomic E-state index is -6.79. The molecule has 0 radical (unpaired) electrons. The minimum Gasteiger partial charge on any atom is -0.200 e. The summed E-state index contributed by atoms with van der Waals surface area (Å²) < 4.78 is 114. The predicted molar refractivity (Wildman–Crippen MR) is 69.9 cm³/mol. The van der Waals surface area contributed by atoms with E-state index in [1.54, 1.807) is 0 Å². The number of hydrogen-bond donors (Lipinski definition) is 0. The van der Waals surface area contributed by atoms with Crippen LogP contribution < -0.4 is 0 Å². The molecule has 0 N–H and O–H groups in total. The van der Waals surface area contributed by atoms with Crippen LogP contribution in [0.25, 0.3) is 0 Å². The van der Waals surface area contributed by atoms with Gasteiger partial charge in [0.25, 0.3) is 0 Å². The predicted octanol–water partition coefficient (Wildman–Crippen LogP) is 6.23. The SMILES string of the molecule is FC(F)(F)C(F)(F)C(F)(F)C(F)(F)CC(I)C1CCCCC1. The maximum atomic E-state index is 13.5. The van der Waals surface area contributed by atoms with Crippen LogP contribution in [-0.2, 0) is 0 Å². The molecule has 132 valence electrons. The van der Waals surface area contributed by atoms with E-state index >= 15 is 0 Å². The summed E-state index contributed by atoms with van der Waals surface area (Å²) in [4.78, 5) is 0. The Labute approximate surface area is 134 Å². The van der Waals surface area contributed by atoms with E-state index in [0.717, 1.165) is 6.42 Å². The van der Waals surface area contributed by atoms with Crippen LogP contribution in [0, 0.1) is 5.92 Å². The van der Waals surface area contributed by atoms with E-state index in [0.29, 0.717) is 25.7 Å². The summed E-state index contributed by atoms with van der Waals surface area (Å²) in [5.74, 6) is -19.1. The number of rotatable bonds is 5. The third-order valence-corrected chi connectivity index (χ3v) is 5.28. The Morgan fingerprint density at radius 2 is 1.23 bits per heavy atom. The highest BCUT2D eigenvalue weighted by Crippen LogP contribution is 2.55. The summed E-state index contributed by atoms with van der Waals surface area (Å²) >= 11 is 1.44. The Balaban J connectivity index is 2.91. The van der Waals surface area contributed by atoms with Gasteiger partial charge in [0.05, 0.1) is 0 Å². The molecule has 0 amide bonds. The van der Waals surface area contributed by atoms with Gasteiger partial charge in [0, 0.05) is 10.3 Å². The lowest BCUT2D eigenvalue weighted by molar-refractivity contribution is -0.396. The second-order valence-electron chi connectivity index (χ2n) is 5.47. The Bertz CT molecular complexity index is 371. The fourth-order valence-corrected chi connectivity index (χ4v) is 3.72. The molecular weight excluding hydrogens is 442 g/mol. The summed E-state index contributed by atoms with van der Waals surface area (Å²) in [5, 5.41) is 0. The molecule has 1 atom stereocenters. The number of alkyl halides is 10. The molecule has 1 aliphatic rings. The lowest BCUT2D eigenvalue weighted by atomic mass is 9.84. The van der Waals surface area contributed by atoms with E-state index < -0.39 is 34.3 Å². The third-order valence-electron chi connectivity index (χ3n) is 3.82. The largest absolute Gasteiger partial charge is 0.460 e. The van der Waals surface area contributed by atoms with Crippen LogP contribution in [0.15, 0.2) is 0 Å². The molecular formula is C12H14F9I. The van der Waals surface area contributed by atoms with Gasteiger partial charge < -0.3 is 0 Å². The molecule has 10 heteroatoms. The molecule has 0 aromatic rings. The van der Waals surface area contributed by atoms with Crippen molar-refractivity contribution < 1.29 is 39.5 Å². The number of halogens is 10. The van der Waals surface area contributed by atoms with Crippen LogP contribution >= 0.6 is 22.6 Å². The zero-order valence-corrected chi connectivity index (χ0v) is 13.3. The topological polar surface area (TPSA) is 0 Å². The Hall–Kier alpha value is 0.1000. The second kappa shape index (κ2) is 6.54. The normalized spacial score (nSPS) is 21.0. The summed E-state index contributed by atoms with van der Waals surface area (Å²) in [6, 6.07) is 0. The standard InChI is InChI=1S/C12H14F9I/c13-9(14,6-8(22)7-4-2-1-3-5-7)10(15,16)11(17,18)12(19,20)21/h7-8H,1-6H2. The monoisotopic (exact) mass is 456 g/mol. The van der Waals surface area contributed by atoms with E-state index in [2.05, 4.69) is 0 Å². The van der Waals surface area contributed by atoms with Gasteiger partial charge in [0.2, 0.25) is 0 Å². The van der Waals surface area contributed by atoms with Crippen LogP contribution in [-0.4, -0.2) is 27.9 Å². The van der Waals surface area contributed by atoms with Crippen LogP contribution in [0.5, 0.6) is 0 Å². The highest BCUT2D eigenvalue weighted by Gasteiger charge is 2.81. The maximum absolute atomic E-state index is 13.5. The summed E-state index contributed by atoms with van der Waals surface area (Å²) in [6.07, 6.45) is -5.24. The van der Waals surface area contributed by atoms with Crippen LogP contribution in [0.4, 0.5) is 39.5 Å². The first-order valence-electron chi connectivity index (χ1n) is 6.58. The molecule has 0 aliphatic heterocycles. The van der Waals surface area contributed by atoms with Gasteiger partial charge in [0.1, 0.15) is 0 Å². The molecule has 0 spiro atoms. The van der Waals surface area contributed by atoms with Gasteiger partial charge >= 0.3 is 23.9 Å². The highest BCUT2D eigenvalue weighted by molar-refractivity contribution is 14.1. The first kappa shape index (κ1) is 20.1. The fourth-order valence-electron chi connectivity index (χ4n) is 2.44.